The third kappa shape index (κ3) is 1.74. The predicted molar refractivity (Wildman–Crippen MR) is 119 cm³/mol. The molecular weight excluding hydrogens is 458 g/mol. The van der Waals surface area contributed by atoms with E-state index in [9.17, 15) is 35.4 Å². The monoisotopic (exact) mass is 493 g/mol. The summed E-state index contributed by atoms with van der Waals surface area (Å²) in [6.45, 7) is 7.90. The van der Waals surface area contributed by atoms with Gasteiger partial charge in [0.25, 0.3) is 0 Å². The number of rotatable bonds is 3. The molecule has 4 aliphatic carbocycles. The van der Waals surface area contributed by atoms with Crippen molar-refractivity contribution in [2.75, 3.05) is 0 Å². The highest BCUT2D eigenvalue weighted by Gasteiger charge is 3.10. The van der Waals surface area contributed by atoms with Crippen LogP contribution >= 0.6 is 0 Å². The fourth-order valence-electron chi connectivity index (χ4n) is 9.61. The van der Waals surface area contributed by atoms with E-state index in [0.29, 0.717) is 6.42 Å². The van der Waals surface area contributed by atoms with Gasteiger partial charge in [-0.25, -0.2) is 4.79 Å². The van der Waals surface area contributed by atoms with Gasteiger partial charge in [-0.05, 0) is 43.7 Å². The topological polar surface area (TPSA) is 173 Å². The average Bonchev–Trinajstić information content (AvgIpc) is 3.40. The molecule has 0 amide bonds. The standard InChI is InChI=1S/C25H35NO9/c1-12(2)22(31)17(28)23(32)18(4)11-21(30)19(22,5)25(23,33)24(35-21)15(13(3)8-9-20(18,24)29)34-16(27)14-7-6-10-26-14/h6-7,10,12-13,15,17,26,28-33H,8-9,11H2,1-5H3/t13-,15+,17+,18-,19+,20-,21+,22-,23+,24+,25+/m0/s1. The van der Waals surface area contributed by atoms with Crippen molar-refractivity contribution in [3.05, 3.63) is 24.0 Å². The first-order chi connectivity index (χ1) is 16.0. The van der Waals surface area contributed by atoms with Gasteiger partial charge in [0, 0.05) is 18.0 Å². The van der Waals surface area contributed by atoms with Gasteiger partial charge in [0.1, 0.15) is 40.3 Å². The Kier molecular flexibility index (Phi) is 4.06. The van der Waals surface area contributed by atoms with Crippen LogP contribution < -0.4 is 0 Å². The Balaban J connectivity index is 1.66. The fourth-order valence-corrected chi connectivity index (χ4v) is 9.61. The van der Waals surface area contributed by atoms with E-state index in [1.54, 1.807) is 33.0 Å². The molecule has 2 saturated heterocycles. The van der Waals surface area contributed by atoms with Crippen LogP contribution in [0.5, 0.6) is 0 Å². The van der Waals surface area contributed by atoms with Gasteiger partial charge in [-0.1, -0.05) is 27.7 Å². The number of H-pyrrole nitrogens is 1. The molecule has 0 unspecified atom stereocenters. The molecule has 3 heterocycles. The smallest absolute Gasteiger partial charge is 0.355 e. The molecule has 1 aromatic rings. The summed E-state index contributed by atoms with van der Waals surface area (Å²) in [5, 5.41) is 73.4. The highest BCUT2D eigenvalue weighted by Crippen LogP contribution is 2.90. The Hall–Kier alpha value is -1.53. The summed E-state index contributed by atoms with van der Waals surface area (Å²) >= 11 is 0. The van der Waals surface area contributed by atoms with Crippen molar-refractivity contribution >= 4 is 5.97 Å². The number of hydrogen-bond acceptors (Lipinski definition) is 9. The molecule has 4 saturated carbocycles. The molecular formula is C25H35NO9. The van der Waals surface area contributed by atoms with Gasteiger partial charge in [-0.15, -0.1) is 0 Å². The third-order valence-electron chi connectivity index (χ3n) is 11.3. The molecule has 10 heteroatoms. The van der Waals surface area contributed by atoms with Crippen molar-refractivity contribution < 1.29 is 44.9 Å². The average molecular weight is 494 g/mol. The van der Waals surface area contributed by atoms with Crippen LogP contribution in [-0.4, -0.2) is 87.6 Å². The molecule has 7 N–H and O–H groups in total. The fraction of sp³-hybridized carbons (Fsp3) is 0.800. The molecule has 7 rings (SSSR count). The zero-order chi connectivity index (χ0) is 25.8. The van der Waals surface area contributed by atoms with Gasteiger partial charge in [0.15, 0.2) is 11.4 Å². The third-order valence-corrected chi connectivity index (χ3v) is 11.3. The molecule has 1 spiro atoms. The van der Waals surface area contributed by atoms with Crippen LogP contribution in [-0.2, 0) is 9.47 Å². The molecule has 0 radical (unpaired) electrons. The first kappa shape index (κ1) is 23.8. The zero-order valence-corrected chi connectivity index (χ0v) is 20.6. The van der Waals surface area contributed by atoms with E-state index >= 15 is 0 Å². The lowest BCUT2D eigenvalue weighted by atomic mass is 9.52. The van der Waals surface area contributed by atoms with Crippen LogP contribution in [0.25, 0.3) is 0 Å². The number of nitrogens with one attached hydrogen (secondary N) is 1. The van der Waals surface area contributed by atoms with E-state index in [-0.39, 0.29) is 18.5 Å². The number of aromatic amines is 1. The maximum Gasteiger partial charge on any atom is 0.355 e. The minimum absolute atomic E-state index is 0.0603. The summed E-state index contributed by atoms with van der Waals surface area (Å²) in [6.07, 6.45) is -1.61. The van der Waals surface area contributed by atoms with E-state index in [1.165, 1.54) is 19.9 Å². The Morgan fingerprint density at radius 3 is 2.43 bits per heavy atom. The summed E-state index contributed by atoms with van der Waals surface area (Å²) in [6, 6.07) is 3.14. The van der Waals surface area contributed by atoms with Gasteiger partial charge in [0.2, 0.25) is 0 Å². The lowest BCUT2D eigenvalue weighted by Crippen LogP contribution is -2.75. The molecule has 11 atom stereocenters. The second kappa shape index (κ2) is 5.96. The second-order valence-electron chi connectivity index (χ2n) is 12.4. The van der Waals surface area contributed by atoms with Crippen molar-refractivity contribution in [2.24, 2.45) is 22.7 Å². The molecule has 0 aromatic carbocycles. The van der Waals surface area contributed by atoms with Crippen LogP contribution in [0.1, 0.15) is 64.4 Å². The van der Waals surface area contributed by atoms with Gasteiger partial charge in [-0.2, -0.15) is 0 Å². The van der Waals surface area contributed by atoms with Crippen molar-refractivity contribution in [1.82, 2.24) is 4.98 Å². The van der Waals surface area contributed by atoms with Crippen LogP contribution in [0.2, 0.25) is 0 Å². The molecule has 1 aromatic heterocycles. The van der Waals surface area contributed by atoms with E-state index in [1.807, 2.05) is 0 Å². The summed E-state index contributed by atoms with van der Waals surface area (Å²) in [5.74, 6) is -4.20. The number of hydrogen-bond donors (Lipinski definition) is 7. The minimum atomic E-state index is -2.59. The predicted octanol–water partition coefficient (Wildman–Crippen LogP) is -0.188. The maximum atomic E-state index is 13.1. The van der Waals surface area contributed by atoms with Crippen molar-refractivity contribution in [3.63, 3.8) is 0 Å². The molecule has 6 bridgehead atoms. The molecule has 194 valence electrons. The normalized spacial score (nSPS) is 59.8. The number of aliphatic hydroxyl groups is 6. The van der Waals surface area contributed by atoms with Gasteiger partial charge >= 0.3 is 5.97 Å². The molecule has 6 aliphatic rings. The Labute approximate surface area is 202 Å². The van der Waals surface area contributed by atoms with E-state index in [0.717, 1.165) is 0 Å². The van der Waals surface area contributed by atoms with Crippen LogP contribution in [0.3, 0.4) is 0 Å². The van der Waals surface area contributed by atoms with Crippen molar-refractivity contribution in [3.8, 4) is 0 Å². The minimum Gasteiger partial charge on any atom is -0.454 e. The maximum absolute atomic E-state index is 13.1. The number of carbonyl (C=O) groups is 1. The number of ether oxygens (including phenoxy) is 2. The highest BCUT2D eigenvalue weighted by atomic mass is 16.7. The Bertz CT molecular complexity index is 1130. The zero-order valence-electron chi connectivity index (χ0n) is 20.6. The Morgan fingerprint density at radius 1 is 1.20 bits per heavy atom. The second-order valence-corrected chi connectivity index (χ2v) is 12.4. The van der Waals surface area contributed by atoms with Crippen molar-refractivity contribution in [2.45, 2.75) is 99.9 Å². The van der Waals surface area contributed by atoms with Crippen LogP contribution in [0.15, 0.2) is 18.3 Å². The summed E-state index contributed by atoms with van der Waals surface area (Å²) in [4.78, 5) is 15.9. The highest BCUT2D eigenvalue weighted by molar-refractivity contribution is 5.87. The largest absolute Gasteiger partial charge is 0.454 e. The van der Waals surface area contributed by atoms with Gasteiger partial charge in [-0.3, -0.25) is 0 Å². The molecule has 2 aliphatic heterocycles. The number of carbonyl (C=O) groups excluding carboxylic acids is 1. The molecule has 6 fully saturated rings. The van der Waals surface area contributed by atoms with Crippen molar-refractivity contribution in [1.29, 1.82) is 0 Å². The summed E-state index contributed by atoms with van der Waals surface area (Å²) in [7, 11) is 0. The molecule has 10 nitrogen and oxygen atoms in total. The van der Waals surface area contributed by atoms with Gasteiger partial charge in [0.05, 0.1) is 5.41 Å². The van der Waals surface area contributed by atoms with E-state index in [2.05, 4.69) is 4.98 Å². The quantitative estimate of drug-likeness (QED) is 0.282. The summed E-state index contributed by atoms with van der Waals surface area (Å²) in [5.41, 5.74) is -15.1. The van der Waals surface area contributed by atoms with Crippen LogP contribution in [0, 0.1) is 22.7 Å². The first-order valence-electron chi connectivity index (χ1n) is 12.4. The number of aliphatic hydroxyl groups excluding tert-OH is 1. The lowest BCUT2D eigenvalue weighted by Gasteiger charge is -2.61. The Morgan fingerprint density at radius 2 is 1.86 bits per heavy atom. The SMILES string of the molecule is CC(C)[C@]1(O)[C@@H](O)[C@@]2(O)[C@@]3(C)C[C@@]4(O)O[C@@]5([C@H](OC(=O)c6ccc[nH]6)[C@@H](C)CC[C@]35O)[C@@]2(O)[C@]41C. The first-order valence-corrected chi connectivity index (χ1v) is 12.4. The van der Waals surface area contributed by atoms with Gasteiger partial charge < -0.3 is 45.1 Å². The van der Waals surface area contributed by atoms with Crippen LogP contribution in [0.4, 0.5) is 0 Å². The lowest BCUT2D eigenvalue weighted by molar-refractivity contribution is -0.389. The van der Waals surface area contributed by atoms with E-state index < -0.39 is 74.6 Å². The number of aromatic nitrogens is 1. The molecule has 35 heavy (non-hydrogen) atoms. The van der Waals surface area contributed by atoms with E-state index in [4.69, 9.17) is 9.47 Å². The number of esters is 1. The summed E-state index contributed by atoms with van der Waals surface area (Å²) < 4.78 is 12.3.